The first-order chi connectivity index (χ1) is 28.8. The summed E-state index contributed by atoms with van der Waals surface area (Å²) in [6, 6.07) is 16.8. The average Bonchev–Trinajstić information content (AvgIpc) is 3.80. The van der Waals surface area contributed by atoms with Crippen molar-refractivity contribution in [1.82, 2.24) is 19.1 Å². The van der Waals surface area contributed by atoms with Crippen LogP contribution in [0, 0.1) is 0 Å². The van der Waals surface area contributed by atoms with Gasteiger partial charge in [0.25, 0.3) is 11.1 Å². The van der Waals surface area contributed by atoms with Crippen LogP contribution in [0.5, 0.6) is 5.75 Å². The molecule has 0 bridgehead atoms. The van der Waals surface area contributed by atoms with Crippen molar-refractivity contribution in [2.45, 2.75) is 83.2 Å². The fraction of sp³-hybridized carbons (Fsp3) is 0.302. The van der Waals surface area contributed by atoms with Crippen LogP contribution in [0.2, 0.25) is 0 Å². The van der Waals surface area contributed by atoms with Gasteiger partial charge in [-0.1, -0.05) is 38.1 Å². The SMILES string of the molecule is CC[C@@]1(C)C(=O)OCc2c1cc1n(c2=O)Cc2c-1[nH]c1ccccc1c2=O.CC[C@@]1(C)C(=O)OCc2c1cc1n(c2=O)Cc2c-1nc1ccccc1c2OS(=O)(=O)C(F)(F)F. The molecule has 2 aromatic carbocycles. The van der Waals surface area contributed by atoms with Crippen LogP contribution >= 0.6 is 0 Å². The van der Waals surface area contributed by atoms with Crippen LogP contribution in [0.4, 0.5) is 13.2 Å². The third-order valence-electron chi connectivity index (χ3n) is 12.6. The van der Waals surface area contributed by atoms with E-state index in [1.165, 1.54) is 22.8 Å². The first-order valence-corrected chi connectivity index (χ1v) is 20.7. The maximum Gasteiger partial charge on any atom is 0.534 e. The van der Waals surface area contributed by atoms with Gasteiger partial charge >= 0.3 is 27.6 Å². The highest BCUT2D eigenvalue weighted by molar-refractivity contribution is 7.88. The molecule has 0 unspecified atom stereocenters. The van der Waals surface area contributed by atoms with E-state index in [0.717, 1.165) is 5.52 Å². The van der Waals surface area contributed by atoms with Crippen molar-refractivity contribution >= 4 is 43.9 Å². The van der Waals surface area contributed by atoms with Gasteiger partial charge in [0.1, 0.15) is 13.2 Å². The quantitative estimate of drug-likeness (QED) is 0.128. The molecule has 1 N–H and O–H groups in total. The second-order valence-electron chi connectivity index (χ2n) is 15.8. The van der Waals surface area contributed by atoms with Crippen molar-refractivity contribution < 1.29 is 44.8 Å². The lowest BCUT2D eigenvalue weighted by Gasteiger charge is -2.33. The van der Waals surface area contributed by atoms with Crippen molar-refractivity contribution in [3.05, 3.63) is 125 Å². The van der Waals surface area contributed by atoms with E-state index < -0.39 is 43.7 Å². The van der Waals surface area contributed by atoms with Crippen LogP contribution < -0.4 is 20.7 Å². The number of aromatic nitrogens is 4. The molecule has 14 nitrogen and oxygen atoms in total. The van der Waals surface area contributed by atoms with Gasteiger partial charge in [-0.2, -0.15) is 21.6 Å². The molecule has 2 atom stereocenters. The number of hydrogen-bond donors (Lipinski definition) is 1. The maximum absolute atomic E-state index is 13.3. The Labute approximate surface area is 343 Å². The van der Waals surface area contributed by atoms with Crippen molar-refractivity contribution in [2.75, 3.05) is 0 Å². The molecule has 0 amide bonds. The van der Waals surface area contributed by atoms with Crippen LogP contribution in [-0.2, 0) is 66.3 Å². The van der Waals surface area contributed by atoms with Crippen LogP contribution in [0.25, 0.3) is 44.6 Å². The summed E-state index contributed by atoms with van der Waals surface area (Å²) >= 11 is 0. The number of nitrogens with one attached hydrogen (secondary N) is 1. The summed E-state index contributed by atoms with van der Waals surface area (Å²) in [6.07, 6.45) is 0.876. The summed E-state index contributed by atoms with van der Waals surface area (Å²) in [5.74, 6) is -1.34. The Hall–Kier alpha value is -6.56. The smallest absolute Gasteiger partial charge is 0.460 e. The number of cyclic esters (lactones) is 2. The lowest BCUT2D eigenvalue weighted by molar-refractivity contribution is -0.154. The van der Waals surface area contributed by atoms with E-state index in [2.05, 4.69) is 14.2 Å². The number of alkyl halides is 3. The number of esters is 2. The summed E-state index contributed by atoms with van der Waals surface area (Å²) in [5.41, 5.74) is -3.20. The fourth-order valence-electron chi connectivity index (χ4n) is 8.64. The normalized spacial score (nSPS) is 19.7. The standard InChI is InChI=1S/C22H17F3N2O6S.C21H18N2O4/c1-3-21(2)14-8-16-17-12(9-27(16)19(28)13(14)10-32-20(21)29)18(33-34(30,31)22(23,24)25)11-6-4-5-7-15(11)26-17;1-3-21(2)14-8-16-17-12(18(24)11-6-4-5-7-15(11)22-17)9-23(16)19(25)13(14)10-27-20(21)26/h4-8H,3,9-10H2,1-2H3;4-8H,3,9-10H2,1-2H3,(H,22,24)/t2*21-/m11/s1. The minimum Gasteiger partial charge on any atom is -0.460 e. The number of halogens is 3. The number of para-hydroxylation sites is 2. The number of benzene rings is 2. The van der Waals surface area contributed by atoms with Crippen molar-refractivity contribution in [2.24, 2.45) is 0 Å². The van der Waals surface area contributed by atoms with E-state index in [0.29, 0.717) is 51.9 Å². The van der Waals surface area contributed by atoms with Gasteiger partial charge in [-0.05, 0) is 74.2 Å². The maximum atomic E-state index is 13.3. The molecule has 0 fully saturated rings. The number of carbonyl (C=O) groups excluding carboxylic acids is 2. The van der Waals surface area contributed by atoms with Crippen molar-refractivity contribution in [3.63, 3.8) is 0 Å². The molecule has 10 rings (SSSR count). The molecule has 314 valence electrons. The number of H-pyrrole nitrogens is 1. The van der Waals surface area contributed by atoms with Crippen molar-refractivity contribution in [3.8, 4) is 28.5 Å². The molecular weight excluding hydrogens is 822 g/mol. The van der Waals surface area contributed by atoms with Gasteiger partial charge in [0.05, 0.1) is 63.3 Å². The second-order valence-corrected chi connectivity index (χ2v) is 17.3. The lowest BCUT2D eigenvalue weighted by Crippen LogP contribution is -2.42. The van der Waals surface area contributed by atoms with E-state index in [-0.39, 0.29) is 76.7 Å². The Morgan fingerprint density at radius 2 is 1.28 bits per heavy atom. The topological polar surface area (TPSA) is 186 Å². The lowest BCUT2D eigenvalue weighted by atomic mass is 9.76. The predicted octanol–water partition coefficient (Wildman–Crippen LogP) is 5.82. The average molecular weight is 857 g/mol. The first-order valence-electron chi connectivity index (χ1n) is 19.3. The Kier molecular flexibility index (Phi) is 8.81. The third kappa shape index (κ3) is 5.70. The number of nitrogens with zero attached hydrogens (tertiary/aromatic N) is 3. The Balaban J connectivity index is 0.000000160. The van der Waals surface area contributed by atoms with Gasteiger partial charge in [-0.3, -0.25) is 24.0 Å². The number of ether oxygens (including phenoxy) is 2. The number of fused-ring (bicyclic) bond motifs is 10. The molecule has 0 radical (unpaired) electrons. The molecule has 61 heavy (non-hydrogen) atoms. The molecule has 4 aliphatic rings. The fourth-order valence-corrected chi connectivity index (χ4v) is 9.14. The highest BCUT2D eigenvalue weighted by atomic mass is 32.2. The predicted molar refractivity (Wildman–Crippen MR) is 214 cm³/mol. The summed E-state index contributed by atoms with van der Waals surface area (Å²) < 4.78 is 81.2. The van der Waals surface area contributed by atoms with Crippen LogP contribution in [0.15, 0.2) is 75.0 Å². The molecule has 18 heteroatoms. The van der Waals surface area contributed by atoms with E-state index in [9.17, 15) is 45.6 Å². The molecule has 0 saturated carbocycles. The largest absolute Gasteiger partial charge is 0.534 e. The Morgan fingerprint density at radius 3 is 1.87 bits per heavy atom. The number of aromatic amines is 1. The van der Waals surface area contributed by atoms with Gasteiger partial charge < -0.3 is 27.8 Å². The molecule has 0 saturated heterocycles. The van der Waals surface area contributed by atoms with Gasteiger partial charge in [-0.25, -0.2) is 4.98 Å². The molecule has 4 aromatic heterocycles. The zero-order chi connectivity index (χ0) is 43.6. The van der Waals surface area contributed by atoms with Gasteiger partial charge in [0.15, 0.2) is 11.2 Å². The number of pyridine rings is 4. The third-order valence-corrected chi connectivity index (χ3v) is 13.5. The van der Waals surface area contributed by atoms with E-state index in [4.69, 9.17) is 9.47 Å². The Bertz CT molecular complexity index is 3260. The highest BCUT2D eigenvalue weighted by Gasteiger charge is 2.50. The molecular formula is C43H35F3N4O10S. The Morgan fingerprint density at radius 1 is 0.754 bits per heavy atom. The minimum absolute atomic E-state index is 0.0187. The summed E-state index contributed by atoms with van der Waals surface area (Å²) in [4.78, 5) is 72.2. The van der Waals surface area contributed by atoms with Crippen LogP contribution in [0.1, 0.15) is 73.9 Å². The molecule has 4 aliphatic heterocycles. The molecule has 0 aliphatic carbocycles. The van der Waals surface area contributed by atoms with E-state index in [1.807, 2.05) is 38.1 Å². The van der Waals surface area contributed by atoms with Crippen LogP contribution in [0.3, 0.4) is 0 Å². The van der Waals surface area contributed by atoms with Gasteiger partial charge in [0, 0.05) is 27.4 Å². The second kappa shape index (κ2) is 13.5. The highest BCUT2D eigenvalue weighted by Crippen LogP contribution is 2.45. The van der Waals surface area contributed by atoms with E-state index >= 15 is 0 Å². The molecule has 0 spiro atoms. The zero-order valence-electron chi connectivity index (χ0n) is 33.0. The minimum atomic E-state index is -5.99. The summed E-state index contributed by atoms with van der Waals surface area (Å²) in [7, 11) is -5.99. The number of rotatable bonds is 4. The van der Waals surface area contributed by atoms with Gasteiger partial charge in [0.2, 0.25) is 0 Å². The molecule has 8 heterocycles. The molecule has 6 aromatic rings. The zero-order valence-corrected chi connectivity index (χ0v) is 33.8. The number of carbonyl (C=O) groups is 2. The first kappa shape index (κ1) is 39.9. The monoisotopic (exact) mass is 856 g/mol. The van der Waals surface area contributed by atoms with Crippen molar-refractivity contribution in [1.29, 1.82) is 0 Å². The van der Waals surface area contributed by atoms with E-state index in [1.54, 1.807) is 36.6 Å². The summed E-state index contributed by atoms with van der Waals surface area (Å²) in [6.45, 7) is 6.86. The van der Waals surface area contributed by atoms with Crippen LogP contribution in [-0.4, -0.2) is 45.0 Å². The number of hydrogen-bond acceptors (Lipinski definition) is 11. The van der Waals surface area contributed by atoms with Gasteiger partial charge in [-0.15, -0.1) is 0 Å². The summed E-state index contributed by atoms with van der Waals surface area (Å²) in [5, 5.41) is 0.662.